The average molecular weight is 416 g/mol. The van der Waals surface area contributed by atoms with Crippen LogP contribution >= 0.6 is 23.2 Å². The molecule has 0 aromatic heterocycles. The summed E-state index contributed by atoms with van der Waals surface area (Å²) in [5.41, 5.74) is 1.56. The molecule has 0 saturated heterocycles. The van der Waals surface area contributed by atoms with Crippen molar-refractivity contribution in [1.82, 2.24) is 0 Å². The maximum atomic E-state index is 13.8. The largest absolute Gasteiger partial charge is 0.488 e. The van der Waals surface area contributed by atoms with Crippen LogP contribution in [0.2, 0.25) is 10.0 Å². The summed E-state index contributed by atoms with van der Waals surface area (Å²) in [4.78, 5) is 12.5. The molecule has 0 amide bonds. The fraction of sp³-hybridized carbons (Fsp3) is 0.0455. The second kappa shape index (κ2) is 9.40. The normalized spacial score (nSPS) is 10.8. The molecule has 0 unspecified atom stereocenters. The molecule has 0 aliphatic carbocycles. The van der Waals surface area contributed by atoms with Crippen LogP contribution in [-0.4, -0.2) is 5.78 Å². The highest BCUT2D eigenvalue weighted by molar-refractivity contribution is 6.30. The number of hydrogen-bond donors (Lipinski definition) is 1. The quantitative estimate of drug-likeness (QED) is 0.352. The molecule has 3 nitrogen and oxygen atoms in total. The molecule has 3 aromatic rings. The van der Waals surface area contributed by atoms with Gasteiger partial charge in [0.1, 0.15) is 18.2 Å². The van der Waals surface area contributed by atoms with E-state index < -0.39 is 5.82 Å². The van der Waals surface area contributed by atoms with Crippen molar-refractivity contribution in [2.24, 2.45) is 0 Å². The Bertz CT molecular complexity index is 1000. The van der Waals surface area contributed by atoms with Gasteiger partial charge in [0.2, 0.25) is 0 Å². The summed E-state index contributed by atoms with van der Waals surface area (Å²) in [7, 11) is 0. The van der Waals surface area contributed by atoms with Gasteiger partial charge < -0.3 is 10.1 Å². The van der Waals surface area contributed by atoms with Crippen LogP contribution < -0.4 is 10.1 Å². The van der Waals surface area contributed by atoms with Gasteiger partial charge >= 0.3 is 0 Å². The van der Waals surface area contributed by atoms with Crippen LogP contribution in [0.3, 0.4) is 0 Å². The minimum atomic E-state index is -0.503. The summed E-state index contributed by atoms with van der Waals surface area (Å²) in [6.45, 7) is 0.305. The minimum Gasteiger partial charge on any atom is -0.488 e. The van der Waals surface area contributed by atoms with E-state index in [1.165, 1.54) is 24.4 Å². The fourth-order valence-electron chi connectivity index (χ4n) is 2.44. The number of benzene rings is 3. The zero-order valence-corrected chi connectivity index (χ0v) is 16.2. The highest BCUT2D eigenvalue weighted by Gasteiger charge is 2.10. The lowest BCUT2D eigenvalue weighted by Gasteiger charge is -2.10. The molecule has 0 spiro atoms. The van der Waals surface area contributed by atoms with Crippen LogP contribution in [0.5, 0.6) is 5.75 Å². The first-order valence-electron chi connectivity index (χ1n) is 8.41. The summed E-state index contributed by atoms with van der Waals surface area (Å²) < 4.78 is 19.5. The van der Waals surface area contributed by atoms with Crippen molar-refractivity contribution in [2.45, 2.75) is 6.61 Å². The average Bonchev–Trinajstić information content (AvgIpc) is 2.69. The highest BCUT2D eigenvalue weighted by Crippen LogP contribution is 2.22. The van der Waals surface area contributed by atoms with Crippen molar-refractivity contribution in [3.63, 3.8) is 0 Å². The Hall–Kier alpha value is -2.82. The molecule has 142 valence electrons. The highest BCUT2D eigenvalue weighted by atomic mass is 35.5. The fourth-order valence-corrected chi connectivity index (χ4v) is 2.73. The SMILES string of the molecule is O=C(C=CNc1ccc(Cl)cc1F)c1ccccc1OCc1ccc(Cl)cc1. The lowest BCUT2D eigenvalue weighted by Crippen LogP contribution is -2.03. The Morgan fingerprint density at radius 3 is 2.46 bits per heavy atom. The van der Waals surface area contributed by atoms with E-state index in [0.717, 1.165) is 5.56 Å². The molecule has 3 rings (SSSR count). The monoisotopic (exact) mass is 415 g/mol. The first-order chi connectivity index (χ1) is 13.5. The molecule has 0 radical (unpaired) electrons. The molecule has 0 fully saturated rings. The van der Waals surface area contributed by atoms with E-state index in [4.69, 9.17) is 27.9 Å². The van der Waals surface area contributed by atoms with Gasteiger partial charge in [-0.15, -0.1) is 0 Å². The predicted molar refractivity (Wildman–Crippen MR) is 111 cm³/mol. The van der Waals surface area contributed by atoms with Gasteiger partial charge in [-0.1, -0.05) is 47.5 Å². The molecule has 0 saturated carbocycles. The molecule has 28 heavy (non-hydrogen) atoms. The predicted octanol–water partition coefficient (Wildman–Crippen LogP) is 6.52. The third kappa shape index (κ3) is 5.35. The van der Waals surface area contributed by atoms with Gasteiger partial charge in [0, 0.05) is 22.3 Å². The van der Waals surface area contributed by atoms with Crippen LogP contribution in [0, 0.1) is 5.82 Å². The first kappa shape index (κ1) is 19.9. The van der Waals surface area contributed by atoms with E-state index in [0.29, 0.717) is 28.0 Å². The van der Waals surface area contributed by atoms with Crippen LogP contribution in [0.25, 0.3) is 0 Å². The molecule has 0 aliphatic heterocycles. The number of anilines is 1. The summed E-state index contributed by atoms with van der Waals surface area (Å²) in [5, 5.41) is 3.68. The van der Waals surface area contributed by atoms with Gasteiger partial charge in [-0.05, 0) is 48.0 Å². The number of carbonyl (C=O) groups is 1. The van der Waals surface area contributed by atoms with Crippen LogP contribution in [0.1, 0.15) is 15.9 Å². The Labute approximate surface area is 172 Å². The van der Waals surface area contributed by atoms with Crippen LogP contribution in [0.15, 0.2) is 79.0 Å². The maximum Gasteiger partial charge on any atom is 0.191 e. The van der Waals surface area contributed by atoms with Gasteiger partial charge in [0.15, 0.2) is 5.78 Å². The number of ketones is 1. The van der Waals surface area contributed by atoms with Crippen molar-refractivity contribution in [3.05, 3.63) is 106 Å². The van der Waals surface area contributed by atoms with Gasteiger partial charge in [-0.3, -0.25) is 4.79 Å². The van der Waals surface area contributed by atoms with Crippen molar-refractivity contribution < 1.29 is 13.9 Å². The number of carbonyl (C=O) groups excluding carboxylic acids is 1. The van der Waals surface area contributed by atoms with E-state index in [1.807, 2.05) is 12.1 Å². The number of halogens is 3. The number of hydrogen-bond acceptors (Lipinski definition) is 3. The zero-order valence-electron chi connectivity index (χ0n) is 14.7. The number of allylic oxidation sites excluding steroid dienone is 1. The van der Waals surface area contributed by atoms with Crippen molar-refractivity contribution in [2.75, 3.05) is 5.32 Å². The van der Waals surface area contributed by atoms with Crippen LogP contribution in [-0.2, 0) is 6.61 Å². The lowest BCUT2D eigenvalue weighted by atomic mass is 10.1. The van der Waals surface area contributed by atoms with Crippen molar-refractivity contribution in [3.8, 4) is 5.75 Å². The topological polar surface area (TPSA) is 38.3 Å². The Morgan fingerprint density at radius 1 is 1.00 bits per heavy atom. The summed E-state index contributed by atoms with van der Waals surface area (Å²) >= 11 is 11.6. The number of para-hydroxylation sites is 1. The Balaban J connectivity index is 1.67. The first-order valence-corrected chi connectivity index (χ1v) is 9.17. The Morgan fingerprint density at radius 2 is 1.71 bits per heavy atom. The lowest BCUT2D eigenvalue weighted by molar-refractivity contribution is 0.104. The van der Waals surface area contributed by atoms with Gasteiger partial charge in [-0.2, -0.15) is 0 Å². The van der Waals surface area contributed by atoms with E-state index in [1.54, 1.807) is 42.5 Å². The van der Waals surface area contributed by atoms with E-state index in [9.17, 15) is 9.18 Å². The Kier molecular flexibility index (Phi) is 6.69. The molecule has 0 aliphatic rings. The molecule has 0 bridgehead atoms. The summed E-state index contributed by atoms with van der Waals surface area (Å²) in [6, 6.07) is 18.5. The molecule has 6 heteroatoms. The third-order valence-corrected chi connectivity index (χ3v) is 4.35. The second-order valence-corrected chi connectivity index (χ2v) is 6.75. The van der Waals surface area contributed by atoms with Gasteiger partial charge in [0.05, 0.1) is 11.3 Å². The standard InChI is InChI=1S/C22H16Cl2FNO2/c23-16-7-5-15(6-8-16)14-28-22-4-2-1-3-18(22)21(27)11-12-26-20-10-9-17(24)13-19(20)25/h1-13,26H,14H2. The van der Waals surface area contributed by atoms with Crippen molar-refractivity contribution in [1.29, 1.82) is 0 Å². The number of ether oxygens (including phenoxy) is 1. The molecular weight excluding hydrogens is 400 g/mol. The van der Waals surface area contributed by atoms with E-state index in [2.05, 4.69) is 5.32 Å². The number of rotatable bonds is 7. The minimum absolute atomic E-state index is 0.223. The summed E-state index contributed by atoms with van der Waals surface area (Å²) in [6.07, 6.45) is 2.70. The van der Waals surface area contributed by atoms with Crippen LogP contribution in [0.4, 0.5) is 10.1 Å². The number of nitrogens with one attached hydrogen (secondary N) is 1. The van der Waals surface area contributed by atoms with E-state index in [-0.39, 0.29) is 11.5 Å². The van der Waals surface area contributed by atoms with Crippen molar-refractivity contribution >= 4 is 34.7 Å². The second-order valence-electron chi connectivity index (χ2n) is 5.88. The molecule has 0 heterocycles. The summed E-state index contributed by atoms with van der Waals surface area (Å²) in [5.74, 6) is -0.311. The maximum absolute atomic E-state index is 13.8. The molecule has 1 N–H and O–H groups in total. The van der Waals surface area contributed by atoms with Gasteiger partial charge in [-0.25, -0.2) is 4.39 Å². The molecular formula is C22H16Cl2FNO2. The third-order valence-electron chi connectivity index (χ3n) is 3.86. The molecule has 3 aromatic carbocycles. The van der Waals surface area contributed by atoms with E-state index >= 15 is 0 Å². The molecule has 0 atom stereocenters. The smallest absolute Gasteiger partial charge is 0.191 e. The zero-order chi connectivity index (χ0) is 19.9. The van der Waals surface area contributed by atoms with Gasteiger partial charge in [0.25, 0.3) is 0 Å².